The molecule has 0 bridgehead atoms. The van der Waals surface area contributed by atoms with Crippen molar-refractivity contribution < 1.29 is 4.79 Å². The van der Waals surface area contributed by atoms with E-state index in [1.165, 1.54) is 0 Å². The Hall–Kier alpha value is -3.35. The van der Waals surface area contributed by atoms with E-state index in [0.29, 0.717) is 5.56 Å². The molecule has 7 heteroatoms. The van der Waals surface area contributed by atoms with Crippen LogP contribution in [-0.4, -0.2) is 38.9 Å². The Kier molecular flexibility index (Phi) is 6.75. The molecule has 3 aromatic rings. The van der Waals surface area contributed by atoms with E-state index in [9.17, 15) is 4.79 Å². The van der Waals surface area contributed by atoms with E-state index in [-0.39, 0.29) is 17.4 Å². The molecule has 2 aliphatic rings. The van der Waals surface area contributed by atoms with Crippen LogP contribution in [0.25, 0.3) is 0 Å². The molecule has 1 atom stereocenters. The van der Waals surface area contributed by atoms with Crippen molar-refractivity contribution in [1.29, 1.82) is 0 Å². The Morgan fingerprint density at radius 2 is 1.77 bits per heavy atom. The Balaban J connectivity index is 1.55. The van der Waals surface area contributed by atoms with Gasteiger partial charge in [0.15, 0.2) is 0 Å². The van der Waals surface area contributed by atoms with Crippen molar-refractivity contribution in [2.24, 2.45) is 5.92 Å². The van der Waals surface area contributed by atoms with Gasteiger partial charge in [-0.2, -0.15) is 0 Å². The minimum absolute atomic E-state index is 0.148. The molecule has 1 aliphatic heterocycles. The number of aromatic nitrogens is 4. The average molecular weight is 471 g/mol. The molecule has 182 valence electrons. The standard InChI is InChI=1S/C28H34N6O/c1-20-9-15-34(16-10-20)27-31-19-24(26(35)32-21(2)22-7-5-13-29-17-22)25(33-27)28(11-3-4-12-28)23-8-6-14-30-18-23/h5-8,13-14,17-21H,3-4,9-12,15-16H2,1-2H3,(H,32,35). The van der Waals surface area contributed by atoms with Crippen LogP contribution in [0.1, 0.15) is 85.6 Å². The molecule has 1 saturated heterocycles. The summed E-state index contributed by atoms with van der Waals surface area (Å²) in [6, 6.07) is 7.79. The first-order valence-electron chi connectivity index (χ1n) is 12.8. The highest BCUT2D eigenvalue weighted by Crippen LogP contribution is 2.47. The van der Waals surface area contributed by atoms with Gasteiger partial charge in [-0.25, -0.2) is 9.97 Å². The van der Waals surface area contributed by atoms with E-state index in [2.05, 4.69) is 33.2 Å². The van der Waals surface area contributed by atoms with E-state index < -0.39 is 0 Å². The molecule has 1 unspecified atom stereocenters. The van der Waals surface area contributed by atoms with Crippen molar-refractivity contribution in [2.75, 3.05) is 18.0 Å². The van der Waals surface area contributed by atoms with E-state index in [0.717, 1.165) is 80.3 Å². The van der Waals surface area contributed by atoms with Crippen LogP contribution >= 0.6 is 0 Å². The lowest BCUT2D eigenvalue weighted by molar-refractivity contribution is 0.0936. The van der Waals surface area contributed by atoms with Crippen molar-refractivity contribution in [3.05, 3.63) is 77.6 Å². The highest BCUT2D eigenvalue weighted by Gasteiger charge is 2.42. The minimum atomic E-state index is -0.334. The SMILES string of the molecule is CC1CCN(c2ncc(C(=O)NC(C)c3cccnc3)c(C3(c4cccnc4)CCCC3)n2)CC1. The summed E-state index contributed by atoms with van der Waals surface area (Å²) >= 11 is 0. The molecule has 1 amide bonds. The molecule has 5 rings (SSSR count). The van der Waals surface area contributed by atoms with Crippen LogP contribution in [-0.2, 0) is 5.41 Å². The van der Waals surface area contributed by atoms with Crippen LogP contribution in [0.15, 0.2) is 55.2 Å². The summed E-state index contributed by atoms with van der Waals surface area (Å²) in [6.45, 7) is 6.18. The maximum Gasteiger partial charge on any atom is 0.255 e. The number of piperidine rings is 1. The summed E-state index contributed by atoms with van der Waals surface area (Å²) in [5, 5.41) is 3.16. The lowest BCUT2D eigenvalue weighted by Gasteiger charge is -2.34. The van der Waals surface area contributed by atoms with Crippen molar-refractivity contribution in [1.82, 2.24) is 25.3 Å². The van der Waals surface area contributed by atoms with Gasteiger partial charge >= 0.3 is 0 Å². The van der Waals surface area contributed by atoms with Crippen molar-refractivity contribution in [3.63, 3.8) is 0 Å². The lowest BCUT2D eigenvalue weighted by Crippen LogP contribution is -2.37. The van der Waals surface area contributed by atoms with Gasteiger partial charge < -0.3 is 10.2 Å². The third kappa shape index (κ3) is 4.77. The zero-order chi connectivity index (χ0) is 24.3. The normalized spacial score (nSPS) is 18.9. The molecule has 0 spiro atoms. The average Bonchev–Trinajstić information content (AvgIpc) is 3.41. The number of pyridine rings is 2. The second kappa shape index (κ2) is 10.1. The van der Waals surface area contributed by atoms with Crippen molar-refractivity contribution in [3.8, 4) is 0 Å². The molecule has 7 nitrogen and oxygen atoms in total. The Labute approximate surface area is 207 Å². The molecule has 1 N–H and O–H groups in total. The zero-order valence-electron chi connectivity index (χ0n) is 20.7. The third-order valence-electron chi connectivity index (χ3n) is 7.74. The van der Waals surface area contributed by atoms with Crippen molar-refractivity contribution >= 4 is 11.9 Å². The smallest absolute Gasteiger partial charge is 0.255 e. The van der Waals surface area contributed by atoms with E-state index in [1.54, 1.807) is 24.8 Å². The second-order valence-corrected chi connectivity index (χ2v) is 10.1. The van der Waals surface area contributed by atoms with Crippen molar-refractivity contribution in [2.45, 2.75) is 63.8 Å². The van der Waals surface area contributed by atoms with Gasteiger partial charge in [-0.15, -0.1) is 0 Å². The Morgan fingerprint density at radius 1 is 1.06 bits per heavy atom. The van der Waals surface area contributed by atoms with Gasteiger partial charge in [0.05, 0.1) is 17.3 Å². The van der Waals surface area contributed by atoms with Crippen LogP contribution in [0.2, 0.25) is 0 Å². The molecule has 3 aromatic heterocycles. The first-order valence-corrected chi connectivity index (χ1v) is 12.8. The van der Waals surface area contributed by atoms with Gasteiger partial charge in [0.25, 0.3) is 5.91 Å². The number of hydrogen-bond acceptors (Lipinski definition) is 6. The predicted octanol–water partition coefficient (Wildman–Crippen LogP) is 4.85. The maximum atomic E-state index is 13.7. The van der Waals surface area contributed by atoms with Gasteiger partial charge in [-0.1, -0.05) is 31.9 Å². The number of anilines is 1. The van der Waals surface area contributed by atoms with Gasteiger partial charge in [0, 0.05) is 49.5 Å². The lowest BCUT2D eigenvalue weighted by atomic mass is 9.75. The van der Waals surface area contributed by atoms with Gasteiger partial charge in [-0.3, -0.25) is 14.8 Å². The van der Waals surface area contributed by atoms with Crippen LogP contribution in [0.3, 0.4) is 0 Å². The van der Waals surface area contributed by atoms with Gasteiger partial charge in [-0.05, 0) is 61.8 Å². The third-order valence-corrected chi connectivity index (χ3v) is 7.74. The highest BCUT2D eigenvalue weighted by molar-refractivity contribution is 5.96. The van der Waals surface area contributed by atoms with Crippen LogP contribution in [0, 0.1) is 5.92 Å². The first kappa shape index (κ1) is 23.4. The summed E-state index contributed by atoms with van der Waals surface area (Å²) < 4.78 is 0. The minimum Gasteiger partial charge on any atom is -0.345 e. The van der Waals surface area contributed by atoms with Crippen LogP contribution in [0.4, 0.5) is 5.95 Å². The first-order chi connectivity index (χ1) is 17.1. The van der Waals surface area contributed by atoms with Gasteiger partial charge in [0.2, 0.25) is 5.95 Å². The number of amides is 1. The fraction of sp³-hybridized carbons (Fsp3) is 0.464. The molecule has 4 heterocycles. The fourth-order valence-electron chi connectivity index (χ4n) is 5.54. The Morgan fingerprint density at radius 3 is 2.43 bits per heavy atom. The molecule has 0 aromatic carbocycles. The Bertz CT molecular complexity index is 1140. The monoisotopic (exact) mass is 470 g/mol. The number of carbonyl (C=O) groups is 1. The summed E-state index contributed by atoms with van der Waals surface area (Å²) in [4.78, 5) is 34.4. The number of nitrogens with zero attached hydrogens (tertiary/aromatic N) is 5. The number of nitrogens with one attached hydrogen (secondary N) is 1. The molecule has 0 radical (unpaired) electrons. The number of hydrogen-bond donors (Lipinski definition) is 1. The van der Waals surface area contributed by atoms with Crippen LogP contribution < -0.4 is 10.2 Å². The van der Waals surface area contributed by atoms with E-state index >= 15 is 0 Å². The predicted molar refractivity (Wildman–Crippen MR) is 136 cm³/mol. The summed E-state index contributed by atoms with van der Waals surface area (Å²) in [7, 11) is 0. The number of carbonyl (C=O) groups excluding carboxylic acids is 1. The molecule has 35 heavy (non-hydrogen) atoms. The summed E-state index contributed by atoms with van der Waals surface area (Å²) in [6.07, 6.45) is 15.4. The molecule has 1 saturated carbocycles. The van der Waals surface area contributed by atoms with Gasteiger partial charge in [0.1, 0.15) is 0 Å². The quantitative estimate of drug-likeness (QED) is 0.554. The molecule has 1 aliphatic carbocycles. The van der Waals surface area contributed by atoms with Crippen LogP contribution in [0.5, 0.6) is 0 Å². The summed E-state index contributed by atoms with van der Waals surface area (Å²) in [5.41, 5.74) is 3.15. The van der Waals surface area contributed by atoms with E-state index in [4.69, 9.17) is 9.97 Å². The fourth-order valence-corrected chi connectivity index (χ4v) is 5.54. The molecular formula is C28H34N6O. The maximum absolute atomic E-state index is 13.7. The van der Waals surface area contributed by atoms with E-state index in [1.807, 2.05) is 31.3 Å². The molecular weight excluding hydrogens is 436 g/mol. The highest BCUT2D eigenvalue weighted by atomic mass is 16.1. The largest absolute Gasteiger partial charge is 0.345 e. The second-order valence-electron chi connectivity index (χ2n) is 10.1. The molecule has 2 fully saturated rings. The topological polar surface area (TPSA) is 83.9 Å². The zero-order valence-corrected chi connectivity index (χ0v) is 20.7. The summed E-state index contributed by atoms with van der Waals surface area (Å²) in [5.74, 6) is 1.31. The number of rotatable bonds is 6.